The number of ether oxygens (including phenoxy) is 1. The third-order valence-corrected chi connectivity index (χ3v) is 4.04. The van der Waals surface area contributed by atoms with Crippen LogP contribution in [0.25, 0.3) is 10.9 Å². The summed E-state index contributed by atoms with van der Waals surface area (Å²) >= 11 is 0. The fourth-order valence-corrected chi connectivity index (χ4v) is 2.91. The van der Waals surface area contributed by atoms with E-state index in [4.69, 9.17) is 4.74 Å². The predicted octanol–water partition coefficient (Wildman–Crippen LogP) is 3.31. The molecule has 0 saturated carbocycles. The third-order valence-electron chi connectivity index (χ3n) is 4.04. The minimum atomic E-state index is 0.335. The van der Waals surface area contributed by atoms with Crippen molar-refractivity contribution in [3.8, 4) is 5.75 Å². The standard InChI is InChI=1S/C18H21N3O/c1-19-9-8-16(13-6-4-3-5-7-13)14-10-15-12-20-21-18(15)17(11-14)22-2/h3-7,10-12,16,19H,8-9H2,1-2H3,(H,20,21)/t16-/m1/s1. The first-order valence-electron chi connectivity index (χ1n) is 7.54. The molecule has 1 aromatic heterocycles. The lowest BCUT2D eigenvalue weighted by Crippen LogP contribution is -2.13. The van der Waals surface area contributed by atoms with Crippen LogP contribution in [0.5, 0.6) is 5.75 Å². The summed E-state index contributed by atoms with van der Waals surface area (Å²) < 4.78 is 5.53. The lowest BCUT2D eigenvalue weighted by atomic mass is 9.88. The molecule has 1 atom stereocenters. The molecule has 0 aliphatic carbocycles. The Morgan fingerprint density at radius 3 is 2.73 bits per heavy atom. The number of benzene rings is 2. The van der Waals surface area contributed by atoms with Gasteiger partial charge in [-0.05, 0) is 43.3 Å². The number of aromatic nitrogens is 2. The molecule has 1 heterocycles. The van der Waals surface area contributed by atoms with Crippen molar-refractivity contribution in [3.63, 3.8) is 0 Å². The lowest BCUT2D eigenvalue weighted by Gasteiger charge is -2.19. The van der Waals surface area contributed by atoms with Crippen LogP contribution in [0.3, 0.4) is 0 Å². The van der Waals surface area contributed by atoms with E-state index in [1.165, 1.54) is 11.1 Å². The van der Waals surface area contributed by atoms with Crippen molar-refractivity contribution in [3.05, 3.63) is 59.8 Å². The van der Waals surface area contributed by atoms with Crippen LogP contribution in [0.1, 0.15) is 23.5 Å². The molecule has 0 unspecified atom stereocenters. The van der Waals surface area contributed by atoms with Gasteiger partial charge in [0.05, 0.1) is 13.3 Å². The maximum Gasteiger partial charge on any atom is 0.144 e. The summed E-state index contributed by atoms with van der Waals surface area (Å²) in [6.07, 6.45) is 2.88. The summed E-state index contributed by atoms with van der Waals surface area (Å²) in [6.45, 7) is 0.964. The number of methoxy groups -OCH3 is 1. The van der Waals surface area contributed by atoms with E-state index in [2.05, 4.69) is 58.0 Å². The first-order valence-corrected chi connectivity index (χ1v) is 7.54. The SMILES string of the molecule is CNCC[C@H](c1ccccc1)c1cc(OC)c2[nH]ncc2c1. The van der Waals surface area contributed by atoms with Crippen molar-refractivity contribution >= 4 is 10.9 Å². The fraction of sp³-hybridized carbons (Fsp3) is 0.278. The summed E-state index contributed by atoms with van der Waals surface area (Å²) in [5, 5.41) is 11.5. The van der Waals surface area contributed by atoms with Gasteiger partial charge in [0.2, 0.25) is 0 Å². The summed E-state index contributed by atoms with van der Waals surface area (Å²) in [4.78, 5) is 0. The van der Waals surface area contributed by atoms with Gasteiger partial charge in [-0.25, -0.2) is 0 Å². The van der Waals surface area contributed by atoms with Crippen molar-refractivity contribution in [1.29, 1.82) is 0 Å². The highest BCUT2D eigenvalue weighted by Crippen LogP contribution is 2.34. The van der Waals surface area contributed by atoms with Crippen LogP contribution in [-0.2, 0) is 0 Å². The summed E-state index contributed by atoms with van der Waals surface area (Å²) in [6, 6.07) is 14.9. The van der Waals surface area contributed by atoms with Crippen molar-refractivity contribution in [1.82, 2.24) is 15.5 Å². The van der Waals surface area contributed by atoms with Gasteiger partial charge in [0.1, 0.15) is 11.3 Å². The van der Waals surface area contributed by atoms with E-state index < -0.39 is 0 Å². The zero-order valence-electron chi connectivity index (χ0n) is 13.0. The monoisotopic (exact) mass is 295 g/mol. The van der Waals surface area contributed by atoms with Gasteiger partial charge in [0, 0.05) is 11.3 Å². The molecule has 22 heavy (non-hydrogen) atoms. The number of rotatable bonds is 6. The molecule has 0 aliphatic rings. The van der Waals surface area contributed by atoms with Gasteiger partial charge in [0.15, 0.2) is 0 Å². The van der Waals surface area contributed by atoms with E-state index >= 15 is 0 Å². The van der Waals surface area contributed by atoms with Gasteiger partial charge in [-0.15, -0.1) is 0 Å². The molecule has 114 valence electrons. The Balaban J connectivity index is 2.07. The molecule has 0 amide bonds. The molecular weight excluding hydrogens is 274 g/mol. The highest BCUT2D eigenvalue weighted by Gasteiger charge is 2.16. The van der Waals surface area contributed by atoms with Crippen LogP contribution in [0, 0.1) is 0 Å². The molecule has 4 nitrogen and oxygen atoms in total. The van der Waals surface area contributed by atoms with Crippen LogP contribution in [0.4, 0.5) is 0 Å². The van der Waals surface area contributed by atoms with Gasteiger partial charge < -0.3 is 10.1 Å². The Morgan fingerprint density at radius 1 is 1.18 bits per heavy atom. The number of fused-ring (bicyclic) bond motifs is 1. The average Bonchev–Trinajstić information content (AvgIpc) is 3.04. The Hall–Kier alpha value is -2.33. The number of nitrogens with one attached hydrogen (secondary N) is 2. The summed E-state index contributed by atoms with van der Waals surface area (Å²) in [7, 11) is 3.69. The maximum absolute atomic E-state index is 5.53. The number of H-pyrrole nitrogens is 1. The Labute approximate surface area is 130 Å². The lowest BCUT2D eigenvalue weighted by molar-refractivity contribution is 0.418. The first kappa shape index (κ1) is 14.6. The molecule has 2 aromatic carbocycles. The topological polar surface area (TPSA) is 49.9 Å². The van der Waals surface area contributed by atoms with Gasteiger partial charge in [-0.3, -0.25) is 5.10 Å². The summed E-state index contributed by atoms with van der Waals surface area (Å²) in [5.74, 6) is 1.18. The third kappa shape index (κ3) is 2.83. The van der Waals surface area contributed by atoms with E-state index in [0.29, 0.717) is 5.92 Å². The summed E-state index contributed by atoms with van der Waals surface area (Å²) in [5.41, 5.74) is 3.53. The highest BCUT2D eigenvalue weighted by atomic mass is 16.5. The minimum Gasteiger partial charge on any atom is -0.494 e. The molecule has 3 rings (SSSR count). The molecule has 0 bridgehead atoms. The smallest absolute Gasteiger partial charge is 0.144 e. The molecule has 0 aliphatic heterocycles. The maximum atomic E-state index is 5.53. The Morgan fingerprint density at radius 2 is 2.00 bits per heavy atom. The molecule has 0 spiro atoms. The quantitative estimate of drug-likeness (QED) is 0.733. The van der Waals surface area contributed by atoms with Crippen molar-refractivity contribution in [2.75, 3.05) is 20.7 Å². The zero-order valence-corrected chi connectivity index (χ0v) is 13.0. The number of hydrogen-bond acceptors (Lipinski definition) is 3. The van der Waals surface area contributed by atoms with E-state index in [1.807, 2.05) is 13.2 Å². The van der Waals surface area contributed by atoms with Crippen molar-refractivity contribution in [2.24, 2.45) is 0 Å². The van der Waals surface area contributed by atoms with Gasteiger partial charge in [0.25, 0.3) is 0 Å². The van der Waals surface area contributed by atoms with Crippen LogP contribution >= 0.6 is 0 Å². The largest absolute Gasteiger partial charge is 0.494 e. The van der Waals surface area contributed by atoms with E-state index in [9.17, 15) is 0 Å². The van der Waals surface area contributed by atoms with Gasteiger partial charge in [-0.1, -0.05) is 30.3 Å². The predicted molar refractivity (Wildman–Crippen MR) is 89.5 cm³/mol. The Bertz CT molecular complexity index is 736. The molecule has 4 heteroatoms. The first-order chi connectivity index (χ1) is 10.8. The van der Waals surface area contributed by atoms with Crippen LogP contribution in [-0.4, -0.2) is 30.9 Å². The molecule has 0 radical (unpaired) electrons. The second kappa shape index (κ2) is 6.62. The number of hydrogen-bond donors (Lipinski definition) is 2. The average molecular weight is 295 g/mol. The number of nitrogens with zero attached hydrogens (tertiary/aromatic N) is 1. The minimum absolute atomic E-state index is 0.335. The van der Waals surface area contributed by atoms with Crippen LogP contribution < -0.4 is 10.1 Å². The molecule has 0 fully saturated rings. The van der Waals surface area contributed by atoms with E-state index in [1.54, 1.807) is 7.11 Å². The van der Waals surface area contributed by atoms with Gasteiger partial charge >= 0.3 is 0 Å². The Kier molecular flexibility index (Phi) is 4.39. The van der Waals surface area contributed by atoms with Crippen molar-refractivity contribution in [2.45, 2.75) is 12.3 Å². The molecule has 2 N–H and O–H groups in total. The van der Waals surface area contributed by atoms with Crippen LogP contribution in [0.15, 0.2) is 48.7 Å². The van der Waals surface area contributed by atoms with Crippen molar-refractivity contribution < 1.29 is 4.74 Å². The normalized spacial score (nSPS) is 12.5. The second-order valence-electron chi connectivity index (χ2n) is 5.41. The van der Waals surface area contributed by atoms with Gasteiger partial charge in [-0.2, -0.15) is 5.10 Å². The molecule has 0 saturated heterocycles. The number of aromatic amines is 1. The van der Waals surface area contributed by atoms with E-state index in [0.717, 1.165) is 29.6 Å². The molecular formula is C18H21N3O. The fourth-order valence-electron chi connectivity index (χ4n) is 2.91. The zero-order chi connectivity index (χ0) is 15.4. The highest BCUT2D eigenvalue weighted by molar-refractivity contribution is 5.85. The second-order valence-corrected chi connectivity index (χ2v) is 5.41. The van der Waals surface area contributed by atoms with E-state index in [-0.39, 0.29) is 0 Å². The van der Waals surface area contributed by atoms with Crippen LogP contribution in [0.2, 0.25) is 0 Å². The molecule has 3 aromatic rings.